The maximum atomic E-state index is 12.5. The van der Waals surface area contributed by atoms with Crippen molar-refractivity contribution in [2.75, 3.05) is 0 Å². The molecule has 0 saturated carbocycles. The average molecular weight is 497 g/mol. The molecule has 170 valence electrons. The van der Waals surface area contributed by atoms with Crippen molar-refractivity contribution in [3.05, 3.63) is 95.6 Å². The summed E-state index contributed by atoms with van der Waals surface area (Å²) in [5.74, 6) is 0.336. The molecule has 8 nitrogen and oxygen atoms in total. The van der Waals surface area contributed by atoms with Crippen LogP contribution in [0.5, 0.6) is 0 Å². The molecule has 0 atom stereocenters. The van der Waals surface area contributed by atoms with E-state index in [0.29, 0.717) is 26.1 Å². The molecule has 2 aromatic heterocycles. The molecule has 0 unspecified atom stereocenters. The monoisotopic (exact) mass is 496 g/mol. The van der Waals surface area contributed by atoms with Crippen LogP contribution in [0.1, 0.15) is 5.76 Å². The van der Waals surface area contributed by atoms with Gasteiger partial charge in [-0.3, -0.25) is 4.79 Å². The lowest BCUT2D eigenvalue weighted by atomic mass is 10.1. The fraction of sp³-hybridized carbons (Fsp3) is 0. The number of furan rings is 1. The van der Waals surface area contributed by atoms with Gasteiger partial charge in [-0.05, 0) is 69.7 Å². The number of nitrogens with one attached hydrogen (secondary N) is 1. The van der Waals surface area contributed by atoms with Crippen LogP contribution in [0.15, 0.2) is 109 Å². The van der Waals surface area contributed by atoms with E-state index < -0.39 is 0 Å². The zero-order valence-electron chi connectivity index (χ0n) is 18.0. The zero-order valence-corrected chi connectivity index (χ0v) is 19.7. The van der Waals surface area contributed by atoms with E-state index in [0.717, 1.165) is 22.1 Å². The Morgan fingerprint density at radius 3 is 2.71 bits per heavy atom. The normalized spacial score (nSPS) is 15.8. The highest BCUT2D eigenvalue weighted by Gasteiger charge is 2.24. The molecule has 1 saturated heterocycles. The lowest BCUT2D eigenvalue weighted by Gasteiger charge is -2.02. The molecular formula is C25H16N6O2S2. The van der Waals surface area contributed by atoms with Crippen LogP contribution in [0, 0.1) is 0 Å². The fourth-order valence-corrected chi connectivity index (χ4v) is 5.13. The number of hydrogen-bond donors (Lipinski definition) is 1. The maximum Gasteiger partial charge on any atom is 0.264 e. The van der Waals surface area contributed by atoms with E-state index in [1.807, 2.05) is 78.9 Å². The molecule has 5 aromatic rings. The van der Waals surface area contributed by atoms with Crippen molar-refractivity contribution in [3.63, 3.8) is 0 Å². The molecule has 35 heavy (non-hydrogen) atoms. The highest BCUT2D eigenvalue weighted by molar-refractivity contribution is 8.18. The number of carbonyl (C=O) groups excluding carboxylic acids is 1. The number of aliphatic imine (C=N–C) groups is 1. The van der Waals surface area contributed by atoms with Crippen molar-refractivity contribution in [1.29, 1.82) is 0 Å². The number of para-hydroxylation sites is 1. The van der Waals surface area contributed by atoms with Crippen LogP contribution in [0.4, 0.5) is 5.69 Å². The highest BCUT2D eigenvalue weighted by Crippen LogP contribution is 2.33. The largest absolute Gasteiger partial charge is 0.450 e. The van der Waals surface area contributed by atoms with Gasteiger partial charge in [0.2, 0.25) is 5.16 Å². The SMILES string of the molecule is O=C1NC(=Nc2cccc3ccccc23)S/C1=C\c1ccc(Sc2nnnn2-c2ccccc2)o1. The van der Waals surface area contributed by atoms with Crippen LogP contribution in [-0.2, 0) is 4.79 Å². The van der Waals surface area contributed by atoms with E-state index in [1.165, 1.54) is 23.5 Å². The summed E-state index contributed by atoms with van der Waals surface area (Å²) in [4.78, 5) is 17.7. The van der Waals surface area contributed by atoms with E-state index in [2.05, 4.69) is 25.8 Å². The molecule has 6 rings (SSSR count). The smallest absolute Gasteiger partial charge is 0.264 e. The first kappa shape index (κ1) is 21.4. The second-order valence-electron chi connectivity index (χ2n) is 7.45. The summed E-state index contributed by atoms with van der Waals surface area (Å²) in [6, 6.07) is 27.2. The number of hydrogen-bond acceptors (Lipinski definition) is 8. The van der Waals surface area contributed by atoms with Crippen LogP contribution < -0.4 is 5.32 Å². The van der Waals surface area contributed by atoms with Crippen LogP contribution in [0.2, 0.25) is 0 Å². The van der Waals surface area contributed by atoms with Crippen molar-refractivity contribution >= 4 is 57.1 Å². The highest BCUT2D eigenvalue weighted by atomic mass is 32.2. The van der Waals surface area contributed by atoms with Gasteiger partial charge < -0.3 is 9.73 Å². The Kier molecular flexibility index (Phi) is 5.65. The Bertz CT molecular complexity index is 1600. The Morgan fingerprint density at radius 2 is 1.80 bits per heavy atom. The summed E-state index contributed by atoms with van der Waals surface area (Å²) in [5.41, 5.74) is 1.66. The number of amidine groups is 1. The first-order valence-corrected chi connectivity index (χ1v) is 12.2. The number of thioether (sulfide) groups is 1. The molecule has 1 amide bonds. The summed E-state index contributed by atoms with van der Waals surface area (Å²) in [7, 11) is 0. The zero-order chi connectivity index (χ0) is 23.6. The summed E-state index contributed by atoms with van der Waals surface area (Å²) >= 11 is 2.58. The molecule has 1 fully saturated rings. The molecule has 1 aliphatic rings. The van der Waals surface area contributed by atoms with Crippen LogP contribution in [0.25, 0.3) is 22.5 Å². The number of benzene rings is 3. The summed E-state index contributed by atoms with van der Waals surface area (Å²) in [6.45, 7) is 0. The average Bonchev–Trinajstić information content (AvgIpc) is 3.61. The summed E-state index contributed by atoms with van der Waals surface area (Å²) in [6.07, 6.45) is 1.70. The van der Waals surface area contributed by atoms with E-state index in [9.17, 15) is 4.79 Å². The molecule has 0 aliphatic carbocycles. The van der Waals surface area contributed by atoms with Gasteiger partial charge in [0.1, 0.15) is 5.76 Å². The van der Waals surface area contributed by atoms with Crippen LogP contribution in [0.3, 0.4) is 0 Å². The minimum absolute atomic E-state index is 0.215. The molecule has 0 bridgehead atoms. The Morgan fingerprint density at radius 1 is 0.971 bits per heavy atom. The number of fused-ring (bicyclic) bond motifs is 1. The number of nitrogens with zero attached hydrogens (tertiary/aromatic N) is 5. The van der Waals surface area contributed by atoms with Crippen molar-refractivity contribution in [2.45, 2.75) is 10.2 Å². The van der Waals surface area contributed by atoms with Gasteiger partial charge in [0.05, 0.1) is 16.3 Å². The van der Waals surface area contributed by atoms with Crippen molar-refractivity contribution in [1.82, 2.24) is 25.5 Å². The Labute approximate surface area is 208 Å². The summed E-state index contributed by atoms with van der Waals surface area (Å²) in [5, 5.41) is 18.6. The van der Waals surface area contributed by atoms with Crippen molar-refractivity contribution in [3.8, 4) is 5.69 Å². The van der Waals surface area contributed by atoms with Gasteiger partial charge in [-0.25, -0.2) is 4.99 Å². The lowest BCUT2D eigenvalue weighted by molar-refractivity contribution is -0.115. The van der Waals surface area contributed by atoms with Gasteiger partial charge in [-0.1, -0.05) is 54.6 Å². The first-order valence-electron chi connectivity index (χ1n) is 10.6. The van der Waals surface area contributed by atoms with Crippen LogP contribution >= 0.6 is 23.5 Å². The van der Waals surface area contributed by atoms with Crippen molar-refractivity contribution in [2.24, 2.45) is 4.99 Å². The second-order valence-corrected chi connectivity index (χ2v) is 9.45. The summed E-state index contributed by atoms with van der Waals surface area (Å²) < 4.78 is 7.55. The Hall–Kier alpha value is -4.15. The predicted molar refractivity (Wildman–Crippen MR) is 137 cm³/mol. The molecule has 3 aromatic carbocycles. The third-order valence-electron chi connectivity index (χ3n) is 5.15. The van der Waals surface area contributed by atoms with E-state index in [1.54, 1.807) is 16.8 Å². The standard InChI is InChI=1S/C25H16N6O2S2/c32-23-21(34-24(27-23)26-20-12-6-8-16-7-4-5-11-19(16)20)15-18-13-14-22(33-18)35-25-28-29-30-31(25)17-9-2-1-3-10-17/h1-15H,(H,26,27,32)/b21-15-. The minimum atomic E-state index is -0.215. The molecule has 0 spiro atoms. The number of tetrazole rings is 1. The van der Waals surface area contributed by atoms with E-state index >= 15 is 0 Å². The minimum Gasteiger partial charge on any atom is -0.450 e. The number of aromatic nitrogens is 4. The Balaban J connectivity index is 1.21. The topological polar surface area (TPSA) is 98.2 Å². The van der Waals surface area contributed by atoms with Gasteiger partial charge in [0, 0.05) is 11.5 Å². The van der Waals surface area contributed by atoms with E-state index in [-0.39, 0.29) is 5.91 Å². The first-order chi connectivity index (χ1) is 17.2. The lowest BCUT2D eigenvalue weighted by Crippen LogP contribution is -2.19. The quantitative estimate of drug-likeness (QED) is 0.323. The van der Waals surface area contributed by atoms with Crippen molar-refractivity contribution < 1.29 is 9.21 Å². The van der Waals surface area contributed by atoms with E-state index in [4.69, 9.17) is 4.42 Å². The van der Waals surface area contributed by atoms with Gasteiger partial charge in [-0.15, -0.1) is 5.10 Å². The fourth-order valence-electron chi connectivity index (χ4n) is 3.56. The third-order valence-corrected chi connectivity index (χ3v) is 6.92. The maximum absolute atomic E-state index is 12.5. The number of amides is 1. The number of rotatable bonds is 5. The predicted octanol–water partition coefficient (Wildman–Crippen LogP) is 5.45. The number of carbonyl (C=O) groups is 1. The van der Waals surface area contributed by atoms with Crippen LogP contribution in [-0.4, -0.2) is 31.3 Å². The molecule has 0 radical (unpaired) electrons. The van der Waals surface area contributed by atoms with Gasteiger partial charge in [0.25, 0.3) is 5.91 Å². The molecule has 1 N–H and O–H groups in total. The van der Waals surface area contributed by atoms with Gasteiger partial charge in [0.15, 0.2) is 10.3 Å². The van der Waals surface area contributed by atoms with Gasteiger partial charge in [-0.2, -0.15) is 4.68 Å². The second kappa shape index (κ2) is 9.24. The molecule has 3 heterocycles. The molecule has 1 aliphatic heterocycles. The third kappa shape index (κ3) is 4.48. The van der Waals surface area contributed by atoms with Gasteiger partial charge >= 0.3 is 0 Å². The molecule has 10 heteroatoms. The molecular weight excluding hydrogens is 480 g/mol.